The second kappa shape index (κ2) is 7.52. The van der Waals surface area contributed by atoms with Crippen LogP contribution in [0, 0.1) is 6.92 Å². The van der Waals surface area contributed by atoms with Crippen molar-refractivity contribution in [1.82, 2.24) is 14.9 Å². The maximum atomic E-state index is 12.5. The van der Waals surface area contributed by atoms with Crippen LogP contribution < -0.4 is 10.1 Å². The molecule has 3 rings (SSSR count). The lowest BCUT2D eigenvalue weighted by molar-refractivity contribution is -0.0498. The van der Waals surface area contributed by atoms with Gasteiger partial charge in [0.15, 0.2) is 5.69 Å². The number of nitrogens with zero attached hydrogens (tertiary/aromatic N) is 3. The molecule has 1 N–H and O–H groups in total. The van der Waals surface area contributed by atoms with E-state index in [1.807, 2.05) is 0 Å². The number of anilines is 1. The standard InChI is InChI=1S/C16H13ClF2N4O3/c1-9-13(8-23-7-10(17)6-20-23)14(22-26-9)15(24)21-11-2-4-12(5-3-11)25-16(18)19/h2-7,16H,8H2,1H3,(H,21,24). The molecule has 1 aromatic carbocycles. The van der Waals surface area contributed by atoms with Gasteiger partial charge in [-0.05, 0) is 31.2 Å². The van der Waals surface area contributed by atoms with Crippen LogP contribution in [0.3, 0.4) is 0 Å². The summed E-state index contributed by atoms with van der Waals surface area (Å²) in [5, 5.41) is 10.9. The van der Waals surface area contributed by atoms with Gasteiger partial charge >= 0.3 is 6.61 Å². The molecule has 0 atom stereocenters. The first-order valence-corrected chi connectivity index (χ1v) is 7.79. The Morgan fingerprint density at radius 3 is 2.73 bits per heavy atom. The predicted octanol–water partition coefficient (Wildman–Crippen LogP) is 3.73. The summed E-state index contributed by atoms with van der Waals surface area (Å²) in [7, 11) is 0. The Kier molecular flexibility index (Phi) is 5.17. The van der Waals surface area contributed by atoms with Crippen molar-refractivity contribution in [3.8, 4) is 5.75 Å². The van der Waals surface area contributed by atoms with E-state index in [-0.39, 0.29) is 18.0 Å². The van der Waals surface area contributed by atoms with Crippen LogP contribution in [-0.2, 0) is 6.54 Å². The van der Waals surface area contributed by atoms with Gasteiger partial charge in [0.2, 0.25) is 0 Å². The average Bonchev–Trinajstić information content (AvgIpc) is 3.16. The minimum absolute atomic E-state index is 0.00784. The topological polar surface area (TPSA) is 82.2 Å². The molecule has 0 spiro atoms. The molecular weight excluding hydrogens is 370 g/mol. The quantitative estimate of drug-likeness (QED) is 0.702. The molecule has 0 saturated heterocycles. The largest absolute Gasteiger partial charge is 0.435 e. The van der Waals surface area contributed by atoms with E-state index in [2.05, 4.69) is 20.3 Å². The number of aryl methyl sites for hydroxylation is 1. The van der Waals surface area contributed by atoms with Gasteiger partial charge < -0.3 is 14.6 Å². The van der Waals surface area contributed by atoms with Crippen molar-refractivity contribution in [2.75, 3.05) is 5.32 Å². The summed E-state index contributed by atoms with van der Waals surface area (Å²) < 4.78 is 35.2. The molecule has 0 aliphatic heterocycles. The number of carbonyl (C=O) groups excluding carboxylic acids is 1. The maximum absolute atomic E-state index is 12.5. The van der Waals surface area contributed by atoms with E-state index in [1.165, 1.54) is 30.5 Å². The average molecular weight is 383 g/mol. The SMILES string of the molecule is Cc1onc(C(=O)Nc2ccc(OC(F)F)cc2)c1Cn1cc(Cl)cn1. The number of hydrogen-bond donors (Lipinski definition) is 1. The number of ether oxygens (including phenoxy) is 1. The summed E-state index contributed by atoms with van der Waals surface area (Å²) in [4.78, 5) is 12.5. The van der Waals surface area contributed by atoms with E-state index < -0.39 is 12.5 Å². The Bertz CT molecular complexity index is 909. The lowest BCUT2D eigenvalue weighted by Gasteiger charge is -2.07. The third-order valence-electron chi connectivity index (χ3n) is 3.46. The molecular formula is C16H13ClF2N4O3. The summed E-state index contributed by atoms with van der Waals surface area (Å²) in [6, 6.07) is 5.52. The van der Waals surface area contributed by atoms with Gasteiger partial charge in [-0.2, -0.15) is 13.9 Å². The molecule has 7 nitrogen and oxygen atoms in total. The molecule has 3 aromatic rings. The van der Waals surface area contributed by atoms with Crippen LogP contribution in [0.4, 0.5) is 14.5 Å². The van der Waals surface area contributed by atoms with Crippen molar-refractivity contribution in [2.24, 2.45) is 0 Å². The van der Waals surface area contributed by atoms with Gasteiger partial charge in [0.25, 0.3) is 5.91 Å². The first kappa shape index (κ1) is 17.9. The van der Waals surface area contributed by atoms with Gasteiger partial charge in [0.05, 0.1) is 17.8 Å². The van der Waals surface area contributed by atoms with Gasteiger partial charge in [-0.15, -0.1) is 0 Å². The highest BCUT2D eigenvalue weighted by Crippen LogP contribution is 2.20. The van der Waals surface area contributed by atoms with Crippen molar-refractivity contribution in [2.45, 2.75) is 20.1 Å². The number of alkyl halides is 2. The smallest absolute Gasteiger partial charge is 0.387 e. The van der Waals surface area contributed by atoms with Gasteiger partial charge in [0.1, 0.15) is 11.5 Å². The molecule has 0 fully saturated rings. The van der Waals surface area contributed by atoms with Gasteiger partial charge in [-0.25, -0.2) is 0 Å². The zero-order valence-electron chi connectivity index (χ0n) is 13.4. The zero-order chi connectivity index (χ0) is 18.7. The Morgan fingerprint density at radius 2 is 2.12 bits per heavy atom. The van der Waals surface area contributed by atoms with Crippen molar-refractivity contribution >= 4 is 23.2 Å². The Balaban J connectivity index is 1.74. The number of aromatic nitrogens is 3. The number of hydrogen-bond acceptors (Lipinski definition) is 5. The fraction of sp³-hybridized carbons (Fsp3) is 0.188. The number of nitrogens with one attached hydrogen (secondary N) is 1. The Labute approximate surface area is 151 Å². The highest BCUT2D eigenvalue weighted by atomic mass is 35.5. The number of halogens is 3. The molecule has 0 radical (unpaired) electrons. The Hall–Kier alpha value is -2.94. The summed E-state index contributed by atoms with van der Waals surface area (Å²) >= 11 is 5.84. The van der Waals surface area contributed by atoms with Crippen LogP contribution in [0.2, 0.25) is 5.02 Å². The highest BCUT2D eigenvalue weighted by molar-refractivity contribution is 6.30. The van der Waals surface area contributed by atoms with E-state index in [0.29, 0.717) is 22.0 Å². The van der Waals surface area contributed by atoms with Crippen LogP contribution in [-0.4, -0.2) is 27.5 Å². The van der Waals surface area contributed by atoms with Crippen molar-refractivity contribution < 1.29 is 22.8 Å². The summed E-state index contributed by atoms with van der Waals surface area (Å²) in [5.41, 5.74) is 1.05. The molecule has 1 amide bonds. The van der Waals surface area contributed by atoms with Crippen molar-refractivity contribution in [3.63, 3.8) is 0 Å². The second-order valence-corrected chi connectivity index (χ2v) is 5.72. The lowest BCUT2D eigenvalue weighted by atomic mass is 10.2. The van der Waals surface area contributed by atoms with Gasteiger partial charge in [-0.1, -0.05) is 16.8 Å². The number of carbonyl (C=O) groups is 1. The zero-order valence-corrected chi connectivity index (χ0v) is 14.2. The van der Waals surface area contributed by atoms with Crippen molar-refractivity contribution in [3.05, 3.63) is 58.7 Å². The summed E-state index contributed by atoms with van der Waals surface area (Å²) in [5.74, 6) is -0.0355. The fourth-order valence-electron chi connectivity index (χ4n) is 2.25. The molecule has 2 aromatic heterocycles. The molecule has 26 heavy (non-hydrogen) atoms. The van der Waals surface area contributed by atoms with Crippen LogP contribution in [0.1, 0.15) is 21.8 Å². The second-order valence-electron chi connectivity index (χ2n) is 5.28. The molecule has 10 heteroatoms. The summed E-state index contributed by atoms with van der Waals surface area (Å²) in [6.45, 7) is -0.973. The van der Waals surface area contributed by atoms with Crippen LogP contribution in [0.25, 0.3) is 0 Å². The van der Waals surface area contributed by atoms with Crippen LogP contribution in [0.15, 0.2) is 41.2 Å². The Morgan fingerprint density at radius 1 is 1.38 bits per heavy atom. The first-order chi connectivity index (χ1) is 12.4. The number of rotatable bonds is 6. The molecule has 0 aliphatic rings. The molecule has 0 saturated carbocycles. The van der Waals surface area contributed by atoms with E-state index in [1.54, 1.807) is 17.8 Å². The third kappa shape index (κ3) is 4.17. The molecule has 0 unspecified atom stereocenters. The van der Waals surface area contributed by atoms with E-state index in [4.69, 9.17) is 16.1 Å². The van der Waals surface area contributed by atoms with E-state index in [9.17, 15) is 13.6 Å². The molecule has 136 valence electrons. The third-order valence-corrected chi connectivity index (χ3v) is 3.65. The van der Waals surface area contributed by atoms with Crippen LogP contribution in [0.5, 0.6) is 5.75 Å². The number of benzene rings is 1. The van der Waals surface area contributed by atoms with E-state index in [0.717, 1.165) is 0 Å². The predicted molar refractivity (Wildman–Crippen MR) is 88.6 cm³/mol. The summed E-state index contributed by atoms with van der Waals surface area (Å²) in [6.07, 6.45) is 3.09. The normalized spacial score (nSPS) is 11.0. The first-order valence-electron chi connectivity index (χ1n) is 7.41. The fourth-order valence-corrected chi connectivity index (χ4v) is 2.41. The van der Waals surface area contributed by atoms with Gasteiger partial charge in [-0.3, -0.25) is 9.48 Å². The monoisotopic (exact) mass is 382 g/mol. The molecule has 2 heterocycles. The molecule has 0 bridgehead atoms. The number of amides is 1. The highest BCUT2D eigenvalue weighted by Gasteiger charge is 2.20. The minimum Gasteiger partial charge on any atom is -0.435 e. The lowest BCUT2D eigenvalue weighted by Crippen LogP contribution is -2.16. The van der Waals surface area contributed by atoms with Crippen LogP contribution >= 0.6 is 11.6 Å². The molecule has 0 aliphatic carbocycles. The maximum Gasteiger partial charge on any atom is 0.387 e. The minimum atomic E-state index is -2.91. The van der Waals surface area contributed by atoms with E-state index >= 15 is 0 Å². The van der Waals surface area contributed by atoms with Gasteiger partial charge in [0, 0.05) is 17.4 Å². The van der Waals surface area contributed by atoms with Crippen molar-refractivity contribution in [1.29, 1.82) is 0 Å².